The van der Waals surface area contributed by atoms with Crippen LogP contribution in [0.1, 0.15) is 12.1 Å². The van der Waals surface area contributed by atoms with Gasteiger partial charge >= 0.3 is 5.97 Å². The lowest BCUT2D eigenvalue weighted by atomic mass is 10.0. The van der Waals surface area contributed by atoms with E-state index in [1.807, 2.05) is 0 Å². The van der Waals surface area contributed by atoms with E-state index in [4.69, 9.17) is 5.11 Å². The smallest absolute Gasteiger partial charge is 0.303 e. The quantitative estimate of drug-likeness (QED) is 0.924. The Kier molecular flexibility index (Phi) is 3.59. The summed E-state index contributed by atoms with van der Waals surface area (Å²) in [6.07, 6.45) is 1.70. The van der Waals surface area contributed by atoms with E-state index in [0.717, 1.165) is 12.1 Å². The first kappa shape index (κ1) is 13.2. The highest BCUT2D eigenvalue weighted by Crippen LogP contribution is 2.27. The van der Waals surface area contributed by atoms with Crippen LogP contribution in [0.5, 0.6) is 0 Å². The van der Waals surface area contributed by atoms with Gasteiger partial charge in [-0.1, -0.05) is 0 Å². The Bertz CT molecular complexity index is 623. The van der Waals surface area contributed by atoms with E-state index in [1.165, 1.54) is 10.7 Å². The molecule has 0 radical (unpaired) electrons. The molecule has 4 nitrogen and oxygen atoms in total. The number of carbonyl (C=O) groups is 1. The van der Waals surface area contributed by atoms with Gasteiger partial charge in [0.15, 0.2) is 0 Å². The summed E-state index contributed by atoms with van der Waals surface area (Å²) in [5, 5.41) is 12.8. The number of halogens is 2. The predicted molar refractivity (Wildman–Crippen MR) is 64.5 cm³/mol. The van der Waals surface area contributed by atoms with Crippen LogP contribution in [0.25, 0.3) is 11.1 Å². The van der Waals surface area contributed by atoms with Gasteiger partial charge in [-0.05, 0) is 12.1 Å². The van der Waals surface area contributed by atoms with Crippen molar-refractivity contribution in [1.29, 1.82) is 0 Å². The van der Waals surface area contributed by atoms with Crippen LogP contribution in [0.15, 0.2) is 24.4 Å². The number of rotatable bonds is 4. The highest BCUT2D eigenvalue weighted by atomic mass is 19.1. The Morgan fingerprint density at radius 3 is 2.74 bits per heavy atom. The normalized spacial score (nSPS) is 10.7. The zero-order valence-corrected chi connectivity index (χ0v) is 10.2. The molecule has 1 aromatic heterocycles. The number of hydrogen-bond acceptors (Lipinski definition) is 2. The lowest BCUT2D eigenvalue weighted by Crippen LogP contribution is -2.00. The fraction of sp³-hybridized carbons (Fsp3) is 0.231. The molecular formula is C13H12F2N2O2. The van der Waals surface area contributed by atoms with Crippen molar-refractivity contribution in [2.24, 2.45) is 7.05 Å². The molecule has 0 atom stereocenters. The van der Waals surface area contributed by atoms with Crippen LogP contribution in [-0.4, -0.2) is 20.9 Å². The number of aromatic nitrogens is 2. The summed E-state index contributed by atoms with van der Waals surface area (Å²) in [5.74, 6) is -2.29. The van der Waals surface area contributed by atoms with E-state index in [9.17, 15) is 13.6 Å². The molecule has 0 aliphatic heterocycles. The minimum absolute atomic E-state index is 0.0904. The third kappa shape index (κ3) is 2.96. The molecule has 6 heteroatoms. The fourth-order valence-corrected chi connectivity index (χ4v) is 1.88. The molecule has 0 amide bonds. The minimum Gasteiger partial charge on any atom is -0.481 e. The van der Waals surface area contributed by atoms with E-state index >= 15 is 0 Å². The van der Waals surface area contributed by atoms with Crippen LogP contribution in [0, 0.1) is 11.6 Å². The number of aliphatic carboxylic acids is 1. The maximum Gasteiger partial charge on any atom is 0.303 e. The standard InChI is InChI=1S/C13H12F2N2O2/c1-17-7-10(12(16-17)4-5-13(18)19)9-3-2-8(14)6-11(9)15/h2-3,6-7H,4-5H2,1H3,(H,18,19). The van der Waals surface area contributed by atoms with Gasteiger partial charge < -0.3 is 5.11 Å². The molecule has 1 aromatic carbocycles. The Balaban J connectivity index is 2.40. The van der Waals surface area contributed by atoms with Crippen molar-refractivity contribution < 1.29 is 18.7 Å². The monoisotopic (exact) mass is 266 g/mol. The zero-order chi connectivity index (χ0) is 14.0. The molecule has 100 valence electrons. The van der Waals surface area contributed by atoms with Gasteiger partial charge in [0.2, 0.25) is 0 Å². The lowest BCUT2D eigenvalue weighted by Gasteiger charge is -2.03. The molecular weight excluding hydrogens is 254 g/mol. The summed E-state index contributed by atoms with van der Waals surface area (Å²) < 4.78 is 28.1. The van der Waals surface area contributed by atoms with Crippen molar-refractivity contribution >= 4 is 5.97 Å². The molecule has 2 rings (SSSR count). The fourth-order valence-electron chi connectivity index (χ4n) is 1.88. The van der Waals surface area contributed by atoms with Crippen molar-refractivity contribution in [3.63, 3.8) is 0 Å². The number of benzene rings is 1. The van der Waals surface area contributed by atoms with Gasteiger partial charge in [0.1, 0.15) is 11.6 Å². The van der Waals surface area contributed by atoms with E-state index < -0.39 is 17.6 Å². The van der Waals surface area contributed by atoms with Gasteiger partial charge in [0.05, 0.1) is 12.1 Å². The van der Waals surface area contributed by atoms with Gasteiger partial charge in [0.25, 0.3) is 0 Å². The Morgan fingerprint density at radius 1 is 1.37 bits per heavy atom. The average Bonchev–Trinajstić information content (AvgIpc) is 2.67. The number of hydrogen-bond donors (Lipinski definition) is 1. The summed E-state index contributed by atoms with van der Waals surface area (Å²) in [4.78, 5) is 10.6. The second-order valence-corrected chi connectivity index (χ2v) is 4.18. The SMILES string of the molecule is Cn1cc(-c2ccc(F)cc2F)c(CCC(=O)O)n1. The summed E-state index contributed by atoms with van der Waals surface area (Å²) in [5.41, 5.74) is 1.19. The van der Waals surface area contributed by atoms with Gasteiger partial charge in [-0.15, -0.1) is 0 Å². The maximum atomic E-state index is 13.7. The lowest BCUT2D eigenvalue weighted by molar-refractivity contribution is -0.136. The average molecular weight is 266 g/mol. The summed E-state index contributed by atoms with van der Waals surface area (Å²) in [6, 6.07) is 3.28. The van der Waals surface area contributed by atoms with Crippen LogP contribution >= 0.6 is 0 Å². The van der Waals surface area contributed by atoms with Crippen molar-refractivity contribution in [2.75, 3.05) is 0 Å². The molecule has 19 heavy (non-hydrogen) atoms. The summed E-state index contributed by atoms with van der Waals surface area (Å²) >= 11 is 0. The molecule has 0 aliphatic rings. The van der Waals surface area contributed by atoms with E-state index in [0.29, 0.717) is 11.3 Å². The molecule has 1 heterocycles. The first-order valence-electron chi connectivity index (χ1n) is 5.67. The molecule has 0 fully saturated rings. The number of nitrogens with zero attached hydrogens (tertiary/aromatic N) is 2. The van der Waals surface area contributed by atoms with Crippen LogP contribution in [0.3, 0.4) is 0 Å². The molecule has 1 N–H and O–H groups in total. The van der Waals surface area contributed by atoms with Crippen molar-refractivity contribution in [1.82, 2.24) is 9.78 Å². The zero-order valence-electron chi connectivity index (χ0n) is 10.2. The minimum atomic E-state index is -0.948. The molecule has 0 spiro atoms. The van der Waals surface area contributed by atoms with Crippen LogP contribution in [-0.2, 0) is 18.3 Å². The summed E-state index contributed by atoms with van der Waals surface area (Å²) in [6.45, 7) is 0. The summed E-state index contributed by atoms with van der Waals surface area (Å²) in [7, 11) is 1.66. The number of carboxylic acids is 1. The van der Waals surface area contributed by atoms with Crippen LogP contribution in [0.2, 0.25) is 0 Å². The molecule has 0 unspecified atom stereocenters. The molecule has 0 saturated heterocycles. The largest absolute Gasteiger partial charge is 0.481 e. The van der Waals surface area contributed by atoms with Crippen molar-refractivity contribution in [3.05, 3.63) is 41.7 Å². The van der Waals surface area contributed by atoms with Gasteiger partial charge in [-0.25, -0.2) is 8.78 Å². The number of carboxylic acid groups (broad SMARTS) is 1. The molecule has 2 aromatic rings. The molecule has 0 saturated carbocycles. The molecule has 0 aliphatic carbocycles. The van der Waals surface area contributed by atoms with Crippen LogP contribution < -0.4 is 0 Å². The Hall–Kier alpha value is -2.24. The van der Waals surface area contributed by atoms with Gasteiger partial charge in [-0.2, -0.15) is 5.10 Å². The van der Waals surface area contributed by atoms with E-state index in [2.05, 4.69) is 5.10 Å². The topological polar surface area (TPSA) is 55.1 Å². The predicted octanol–water partition coefficient (Wildman–Crippen LogP) is 2.38. The third-order valence-corrected chi connectivity index (χ3v) is 2.70. The van der Waals surface area contributed by atoms with Crippen LogP contribution in [0.4, 0.5) is 8.78 Å². The second-order valence-electron chi connectivity index (χ2n) is 4.18. The Morgan fingerprint density at radius 2 is 2.11 bits per heavy atom. The number of aryl methyl sites for hydroxylation is 2. The van der Waals surface area contributed by atoms with E-state index in [-0.39, 0.29) is 18.4 Å². The third-order valence-electron chi connectivity index (χ3n) is 2.70. The second kappa shape index (κ2) is 5.17. The van der Waals surface area contributed by atoms with Gasteiger partial charge in [-0.3, -0.25) is 9.48 Å². The van der Waals surface area contributed by atoms with Gasteiger partial charge in [0, 0.05) is 36.9 Å². The first-order chi connectivity index (χ1) is 8.97. The highest BCUT2D eigenvalue weighted by Gasteiger charge is 2.15. The van der Waals surface area contributed by atoms with Crippen molar-refractivity contribution in [3.8, 4) is 11.1 Å². The molecule has 0 bridgehead atoms. The first-order valence-corrected chi connectivity index (χ1v) is 5.67. The maximum absolute atomic E-state index is 13.7. The van der Waals surface area contributed by atoms with Crippen molar-refractivity contribution in [2.45, 2.75) is 12.8 Å². The Labute approximate surface area is 108 Å². The highest BCUT2D eigenvalue weighted by molar-refractivity contribution is 5.69. The van der Waals surface area contributed by atoms with E-state index in [1.54, 1.807) is 13.2 Å².